The van der Waals surface area contributed by atoms with Gasteiger partial charge in [-0.3, -0.25) is 0 Å². The molecule has 0 radical (unpaired) electrons. The van der Waals surface area contributed by atoms with Crippen molar-refractivity contribution < 1.29 is 5.11 Å². The topological polar surface area (TPSA) is 23.5 Å². The lowest BCUT2D eigenvalue weighted by Gasteiger charge is -2.41. The summed E-state index contributed by atoms with van der Waals surface area (Å²) in [4.78, 5) is 2.43. The first-order valence-corrected chi connectivity index (χ1v) is 8.61. The number of β-amino-alcohol motifs (C(OH)–C–C–N with tert-alkyl or cyclic N) is 1. The van der Waals surface area contributed by atoms with Gasteiger partial charge >= 0.3 is 0 Å². The van der Waals surface area contributed by atoms with Crippen molar-refractivity contribution in [2.45, 2.75) is 59.0 Å². The SMILES string of the molecule is CCc1ccc(C(O)CN2CCC(CC)(CC)CC2)cc1. The molecule has 2 rings (SSSR count). The fourth-order valence-electron chi connectivity index (χ4n) is 3.49. The molecule has 1 aromatic rings. The summed E-state index contributed by atoms with van der Waals surface area (Å²) >= 11 is 0. The van der Waals surface area contributed by atoms with Gasteiger partial charge in [-0.25, -0.2) is 0 Å². The Hall–Kier alpha value is -0.860. The molecule has 1 N–H and O–H groups in total. The fraction of sp³-hybridized carbons (Fsp3) is 0.684. The standard InChI is InChI=1S/C19H31NO/c1-4-16-7-9-17(10-8-16)18(21)15-20-13-11-19(5-2,6-3)12-14-20/h7-10,18,21H,4-6,11-15H2,1-3H3. The van der Waals surface area contributed by atoms with Crippen LogP contribution in [0.1, 0.15) is 63.7 Å². The smallest absolute Gasteiger partial charge is 0.0916 e. The quantitative estimate of drug-likeness (QED) is 0.849. The molecule has 21 heavy (non-hydrogen) atoms. The van der Waals surface area contributed by atoms with E-state index >= 15 is 0 Å². The van der Waals surface area contributed by atoms with Gasteiger partial charge in [0.15, 0.2) is 0 Å². The van der Waals surface area contributed by atoms with Crippen LogP contribution in [-0.2, 0) is 6.42 Å². The molecule has 1 unspecified atom stereocenters. The number of benzene rings is 1. The first-order valence-electron chi connectivity index (χ1n) is 8.61. The van der Waals surface area contributed by atoms with Crippen LogP contribution in [0.15, 0.2) is 24.3 Å². The minimum Gasteiger partial charge on any atom is -0.387 e. The van der Waals surface area contributed by atoms with Crippen molar-refractivity contribution in [1.29, 1.82) is 0 Å². The summed E-state index contributed by atoms with van der Waals surface area (Å²) in [6.45, 7) is 9.84. The average molecular weight is 289 g/mol. The molecule has 1 aliphatic rings. The number of likely N-dealkylation sites (tertiary alicyclic amines) is 1. The van der Waals surface area contributed by atoms with Gasteiger partial charge in [0.25, 0.3) is 0 Å². The molecule has 0 aliphatic carbocycles. The summed E-state index contributed by atoms with van der Waals surface area (Å²) in [5, 5.41) is 10.4. The van der Waals surface area contributed by atoms with Crippen LogP contribution in [0.3, 0.4) is 0 Å². The molecule has 0 saturated carbocycles. The molecular formula is C19H31NO. The van der Waals surface area contributed by atoms with Crippen LogP contribution in [-0.4, -0.2) is 29.6 Å². The molecule has 1 atom stereocenters. The van der Waals surface area contributed by atoms with Gasteiger partial charge in [0.05, 0.1) is 6.10 Å². The molecule has 1 aromatic carbocycles. The third kappa shape index (κ3) is 4.08. The highest BCUT2D eigenvalue weighted by molar-refractivity contribution is 5.24. The summed E-state index contributed by atoms with van der Waals surface area (Å²) in [7, 11) is 0. The highest BCUT2D eigenvalue weighted by atomic mass is 16.3. The molecule has 1 fully saturated rings. The zero-order valence-corrected chi connectivity index (χ0v) is 13.9. The minimum absolute atomic E-state index is 0.355. The van der Waals surface area contributed by atoms with Gasteiger partial charge < -0.3 is 10.0 Å². The molecule has 2 heteroatoms. The molecule has 0 aromatic heterocycles. The van der Waals surface area contributed by atoms with Crippen LogP contribution >= 0.6 is 0 Å². The number of nitrogens with zero attached hydrogens (tertiary/aromatic N) is 1. The predicted octanol–water partition coefficient (Wildman–Crippen LogP) is 4.18. The Morgan fingerprint density at radius 1 is 1.05 bits per heavy atom. The lowest BCUT2D eigenvalue weighted by atomic mass is 9.74. The largest absolute Gasteiger partial charge is 0.387 e. The maximum atomic E-state index is 10.4. The number of rotatable bonds is 6. The average Bonchev–Trinajstić information content (AvgIpc) is 2.56. The highest BCUT2D eigenvalue weighted by Crippen LogP contribution is 2.38. The monoisotopic (exact) mass is 289 g/mol. The lowest BCUT2D eigenvalue weighted by Crippen LogP contribution is -2.41. The maximum absolute atomic E-state index is 10.4. The molecule has 2 nitrogen and oxygen atoms in total. The van der Waals surface area contributed by atoms with Gasteiger partial charge in [-0.1, -0.05) is 57.9 Å². The van der Waals surface area contributed by atoms with E-state index < -0.39 is 0 Å². The molecule has 0 amide bonds. The molecule has 0 spiro atoms. The number of piperidine rings is 1. The van der Waals surface area contributed by atoms with Crippen LogP contribution < -0.4 is 0 Å². The van der Waals surface area contributed by atoms with E-state index in [0.29, 0.717) is 5.41 Å². The molecule has 1 aliphatic heterocycles. The summed E-state index contributed by atoms with van der Waals surface area (Å²) < 4.78 is 0. The Labute approximate surface area is 130 Å². The van der Waals surface area contributed by atoms with Gasteiger partial charge in [-0.2, -0.15) is 0 Å². The van der Waals surface area contributed by atoms with Crippen LogP contribution in [0, 0.1) is 5.41 Å². The third-order valence-corrected chi connectivity index (χ3v) is 5.62. The Morgan fingerprint density at radius 2 is 1.62 bits per heavy atom. The Kier molecular flexibility index (Phi) is 5.83. The Morgan fingerprint density at radius 3 is 2.10 bits per heavy atom. The van der Waals surface area contributed by atoms with E-state index in [9.17, 15) is 5.11 Å². The first kappa shape index (κ1) is 16.5. The number of aryl methyl sites for hydroxylation is 1. The van der Waals surface area contributed by atoms with E-state index in [2.05, 4.69) is 49.9 Å². The number of aliphatic hydroxyl groups is 1. The van der Waals surface area contributed by atoms with Gasteiger partial charge in [0, 0.05) is 6.54 Å². The second kappa shape index (κ2) is 7.42. The van der Waals surface area contributed by atoms with Gasteiger partial charge in [0.1, 0.15) is 0 Å². The van der Waals surface area contributed by atoms with E-state index in [1.54, 1.807) is 0 Å². The van der Waals surface area contributed by atoms with E-state index in [-0.39, 0.29) is 6.10 Å². The zero-order chi connectivity index (χ0) is 15.3. The summed E-state index contributed by atoms with van der Waals surface area (Å²) in [5.74, 6) is 0. The number of hydrogen-bond donors (Lipinski definition) is 1. The van der Waals surface area contributed by atoms with Gasteiger partial charge in [-0.05, 0) is 48.9 Å². The molecule has 1 heterocycles. The van der Waals surface area contributed by atoms with Crippen molar-refractivity contribution in [3.05, 3.63) is 35.4 Å². The lowest BCUT2D eigenvalue weighted by molar-refractivity contribution is 0.0532. The van der Waals surface area contributed by atoms with Crippen LogP contribution in [0.5, 0.6) is 0 Å². The number of hydrogen-bond acceptors (Lipinski definition) is 2. The second-order valence-electron chi connectivity index (χ2n) is 6.62. The molecule has 0 bridgehead atoms. The first-order chi connectivity index (χ1) is 10.1. The Bertz CT molecular complexity index is 412. The van der Waals surface area contributed by atoms with E-state index in [0.717, 1.165) is 31.6 Å². The molecule has 1 saturated heterocycles. The third-order valence-electron chi connectivity index (χ3n) is 5.62. The van der Waals surface area contributed by atoms with Crippen molar-refractivity contribution in [3.63, 3.8) is 0 Å². The normalized spacial score (nSPS) is 20.4. The molecule has 118 valence electrons. The molecular weight excluding hydrogens is 258 g/mol. The van der Waals surface area contributed by atoms with Crippen LogP contribution in [0.4, 0.5) is 0 Å². The summed E-state index contributed by atoms with van der Waals surface area (Å²) in [5.41, 5.74) is 2.94. The van der Waals surface area contributed by atoms with E-state index in [4.69, 9.17) is 0 Å². The minimum atomic E-state index is -0.355. The van der Waals surface area contributed by atoms with Crippen LogP contribution in [0.2, 0.25) is 0 Å². The maximum Gasteiger partial charge on any atom is 0.0916 e. The Balaban J connectivity index is 1.87. The van der Waals surface area contributed by atoms with Gasteiger partial charge in [-0.15, -0.1) is 0 Å². The van der Waals surface area contributed by atoms with E-state index in [1.165, 1.54) is 31.2 Å². The van der Waals surface area contributed by atoms with Crippen molar-refractivity contribution in [2.75, 3.05) is 19.6 Å². The highest BCUT2D eigenvalue weighted by Gasteiger charge is 2.31. The number of aliphatic hydroxyl groups excluding tert-OH is 1. The van der Waals surface area contributed by atoms with E-state index in [1.807, 2.05) is 0 Å². The second-order valence-corrected chi connectivity index (χ2v) is 6.62. The summed E-state index contributed by atoms with van der Waals surface area (Å²) in [6, 6.07) is 8.42. The van der Waals surface area contributed by atoms with Crippen LogP contribution in [0.25, 0.3) is 0 Å². The van der Waals surface area contributed by atoms with Crippen molar-refractivity contribution in [2.24, 2.45) is 5.41 Å². The predicted molar refractivity (Wildman–Crippen MR) is 89.5 cm³/mol. The zero-order valence-electron chi connectivity index (χ0n) is 13.9. The fourth-order valence-corrected chi connectivity index (χ4v) is 3.49. The van der Waals surface area contributed by atoms with Crippen molar-refractivity contribution in [3.8, 4) is 0 Å². The van der Waals surface area contributed by atoms with Crippen molar-refractivity contribution >= 4 is 0 Å². The summed E-state index contributed by atoms with van der Waals surface area (Å²) in [6.07, 6.45) is 5.84. The van der Waals surface area contributed by atoms with Gasteiger partial charge in [0.2, 0.25) is 0 Å². The van der Waals surface area contributed by atoms with Crippen molar-refractivity contribution in [1.82, 2.24) is 4.90 Å².